The third kappa shape index (κ3) is 1.82. The third-order valence-corrected chi connectivity index (χ3v) is 6.73. The van der Waals surface area contributed by atoms with Crippen LogP contribution in [0.15, 0.2) is 42.5 Å². The molecule has 6 rings (SSSR count). The topological polar surface area (TPSA) is 57.4 Å². The summed E-state index contributed by atoms with van der Waals surface area (Å²) in [5, 5.41) is 4.89. The molecule has 1 amide bonds. The number of aromatic nitrogens is 1. The van der Waals surface area contributed by atoms with Crippen molar-refractivity contribution in [1.29, 1.82) is 0 Å². The molecule has 142 valence electrons. The molecule has 3 aromatic rings. The molecule has 4 heterocycles. The number of hydrogen-bond donors (Lipinski definition) is 2. The molecule has 1 fully saturated rings. The second kappa shape index (κ2) is 5.17. The number of benzene rings is 2. The molecule has 0 unspecified atom stereocenters. The van der Waals surface area contributed by atoms with Crippen molar-refractivity contribution in [2.24, 2.45) is 0 Å². The zero-order valence-corrected chi connectivity index (χ0v) is 16.4. The molecule has 6 heteroatoms. The number of halogens is 1. The van der Waals surface area contributed by atoms with Gasteiger partial charge in [0.25, 0.3) is 5.91 Å². The van der Waals surface area contributed by atoms with Crippen LogP contribution in [0.2, 0.25) is 5.02 Å². The molecule has 0 bridgehead atoms. The van der Waals surface area contributed by atoms with E-state index in [4.69, 9.17) is 16.3 Å². The third-order valence-electron chi connectivity index (χ3n) is 6.50. The first-order valence-electron chi connectivity index (χ1n) is 9.58. The van der Waals surface area contributed by atoms with Crippen LogP contribution in [0.4, 0.5) is 5.69 Å². The first-order chi connectivity index (χ1) is 13.4. The SMILES string of the molecule is CC1(C)OC[C@@H]2Cc3c([nH]c4ccccc34)[C@@]3(C(=O)Nc4ccc(Cl)cc43)N21. The summed E-state index contributed by atoms with van der Waals surface area (Å²) < 4.78 is 6.18. The second-order valence-corrected chi connectivity index (χ2v) is 8.80. The second-order valence-electron chi connectivity index (χ2n) is 8.36. The minimum Gasteiger partial charge on any atom is -0.359 e. The minimum atomic E-state index is -0.989. The molecular formula is C22H20ClN3O2. The summed E-state index contributed by atoms with van der Waals surface area (Å²) >= 11 is 6.39. The van der Waals surface area contributed by atoms with Gasteiger partial charge in [0.2, 0.25) is 0 Å². The predicted molar refractivity (Wildman–Crippen MR) is 109 cm³/mol. The summed E-state index contributed by atoms with van der Waals surface area (Å²) in [7, 11) is 0. The quantitative estimate of drug-likeness (QED) is 0.606. The summed E-state index contributed by atoms with van der Waals surface area (Å²) in [4.78, 5) is 19.6. The predicted octanol–water partition coefficient (Wildman–Crippen LogP) is 4.01. The van der Waals surface area contributed by atoms with E-state index in [1.165, 1.54) is 10.9 Å². The Morgan fingerprint density at radius 1 is 1.21 bits per heavy atom. The average Bonchev–Trinajstić information content (AvgIpc) is 3.27. The maximum absolute atomic E-state index is 13.7. The Labute approximate surface area is 167 Å². The van der Waals surface area contributed by atoms with Gasteiger partial charge in [-0.2, -0.15) is 0 Å². The zero-order chi connectivity index (χ0) is 19.3. The van der Waals surface area contributed by atoms with E-state index in [0.717, 1.165) is 28.9 Å². The highest BCUT2D eigenvalue weighted by atomic mass is 35.5. The van der Waals surface area contributed by atoms with E-state index in [1.807, 2.05) is 44.2 Å². The van der Waals surface area contributed by atoms with Crippen LogP contribution in [0.1, 0.15) is 30.7 Å². The summed E-state index contributed by atoms with van der Waals surface area (Å²) in [6.45, 7) is 4.67. The molecule has 2 atom stereocenters. The average molecular weight is 394 g/mol. The van der Waals surface area contributed by atoms with Gasteiger partial charge in [-0.05, 0) is 50.1 Å². The van der Waals surface area contributed by atoms with Crippen molar-refractivity contribution >= 4 is 34.1 Å². The van der Waals surface area contributed by atoms with Gasteiger partial charge in [0.1, 0.15) is 5.72 Å². The fourth-order valence-corrected chi connectivity index (χ4v) is 5.71. The van der Waals surface area contributed by atoms with E-state index in [9.17, 15) is 4.79 Å². The molecule has 1 saturated heterocycles. The Balaban J connectivity index is 1.76. The van der Waals surface area contributed by atoms with E-state index < -0.39 is 11.3 Å². The Kier molecular flexibility index (Phi) is 3.07. The van der Waals surface area contributed by atoms with Gasteiger partial charge in [0.05, 0.1) is 12.3 Å². The number of nitrogens with zero attached hydrogens (tertiary/aromatic N) is 1. The lowest BCUT2D eigenvalue weighted by Gasteiger charge is -2.49. The highest BCUT2D eigenvalue weighted by Crippen LogP contribution is 2.55. The van der Waals surface area contributed by atoms with Crippen LogP contribution < -0.4 is 5.32 Å². The van der Waals surface area contributed by atoms with E-state index in [0.29, 0.717) is 11.6 Å². The number of para-hydroxylation sites is 1. The highest BCUT2D eigenvalue weighted by Gasteiger charge is 2.64. The first-order valence-corrected chi connectivity index (χ1v) is 9.95. The van der Waals surface area contributed by atoms with Crippen molar-refractivity contribution < 1.29 is 9.53 Å². The molecular weight excluding hydrogens is 374 g/mol. The number of hydrogen-bond acceptors (Lipinski definition) is 3. The molecule has 3 aliphatic rings. The van der Waals surface area contributed by atoms with Crippen LogP contribution in [0.5, 0.6) is 0 Å². The van der Waals surface area contributed by atoms with Gasteiger partial charge in [-0.3, -0.25) is 4.79 Å². The van der Waals surface area contributed by atoms with Gasteiger partial charge < -0.3 is 15.0 Å². The van der Waals surface area contributed by atoms with Gasteiger partial charge in [-0.25, -0.2) is 4.90 Å². The molecule has 3 aliphatic heterocycles. The maximum Gasteiger partial charge on any atom is 0.255 e. The fourth-order valence-electron chi connectivity index (χ4n) is 5.54. The Morgan fingerprint density at radius 3 is 2.89 bits per heavy atom. The van der Waals surface area contributed by atoms with Gasteiger partial charge in [-0.1, -0.05) is 29.8 Å². The molecule has 1 spiro atoms. The molecule has 0 aliphatic carbocycles. The van der Waals surface area contributed by atoms with E-state index in [1.54, 1.807) is 0 Å². The Hall–Kier alpha value is -2.34. The van der Waals surface area contributed by atoms with E-state index in [2.05, 4.69) is 27.3 Å². The summed E-state index contributed by atoms with van der Waals surface area (Å²) in [6, 6.07) is 14.0. The molecule has 28 heavy (non-hydrogen) atoms. The smallest absolute Gasteiger partial charge is 0.255 e. The van der Waals surface area contributed by atoms with Gasteiger partial charge in [0, 0.05) is 33.2 Å². The molecule has 0 saturated carbocycles. The van der Waals surface area contributed by atoms with Crippen LogP contribution in [0, 0.1) is 0 Å². The van der Waals surface area contributed by atoms with Gasteiger partial charge >= 0.3 is 0 Å². The van der Waals surface area contributed by atoms with Gasteiger partial charge in [0.15, 0.2) is 5.54 Å². The number of ether oxygens (including phenoxy) is 1. The maximum atomic E-state index is 13.7. The number of amides is 1. The van der Waals surface area contributed by atoms with Crippen molar-refractivity contribution in [3.8, 4) is 0 Å². The minimum absolute atomic E-state index is 0.0548. The molecule has 2 N–H and O–H groups in total. The standard InChI is InChI=1S/C22H20ClN3O2/c1-21(2)26-13(11-28-21)10-15-14-5-3-4-6-17(14)24-19(15)22(26)16-9-12(23)7-8-18(16)25-20(22)27/h3-9,13,24H,10-11H2,1-2H3,(H,25,27)/t13-,22-/m0/s1. The van der Waals surface area contributed by atoms with Crippen LogP contribution in [0.25, 0.3) is 10.9 Å². The molecule has 5 nitrogen and oxygen atoms in total. The lowest BCUT2D eigenvalue weighted by molar-refractivity contribution is -0.141. The van der Waals surface area contributed by atoms with Crippen molar-refractivity contribution in [2.45, 2.75) is 37.6 Å². The van der Waals surface area contributed by atoms with Crippen LogP contribution in [0.3, 0.4) is 0 Å². The fraction of sp³-hybridized carbons (Fsp3) is 0.318. The Morgan fingerprint density at radius 2 is 2.04 bits per heavy atom. The van der Waals surface area contributed by atoms with Crippen LogP contribution in [-0.4, -0.2) is 34.2 Å². The number of anilines is 1. The van der Waals surface area contributed by atoms with E-state index in [-0.39, 0.29) is 11.9 Å². The summed E-state index contributed by atoms with van der Waals surface area (Å²) in [5.74, 6) is -0.0548. The Bertz CT molecular complexity index is 1170. The molecule has 1 aromatic heterocycles. The first kappa shape index (κ1) is 16.6. The number of fused-ring (bicyclic) bond motifs is 8. The van der Waals surface area contributed by atoms with E-state index >= 15 is 0 Å². The number of H-pyrrole nitrogens is 1. The largest absolute Gasteiger partial charge is 0.359 e. The molecule has 0 radical (unpaired) electrons. The number of carbonyl (C=O) groups excluding carboxylic acids is 1. The number of carbonyl (C=O) groups is 1. The lowest BCUT2D eigenvalue weighted by atomic mass is 9.76. The van der Waals surface area contributed by atoms with Crippen molar-refractivity contribution in [3.05, 3.63) is 64.3 Å². The van der Waals surface area contributed by atoms with Crippen LogP contribution >= 0.6 is 11.6 Å². The summed E-state index contributed by atoms with van der Waals surface area (Å²) in [6.07, 6.45) is 0.841. The van der Waals surface area contributed by atoms with Crippen LogP contribution in [-0.2, 0) is 21.5 Å². The highest BCUT2D eigenvalue weighted by molar-refractivity contribution is 6.31. The molecule has 2 aromatic carbocycles. The number of rotatable bonds is 0. The van der Waals surface area contributed by atoms with Crippen molar-refractivity contribution in [3.63, 3.8) is 0 Å². The van der Waals surface area contributed by atoms with Crippen molar-refractivity contribution in [1.82, 2.24) is 9.88 Å². The summed E-state index contributed by atoms with van der Waals surface area (Å²) in [5.41, 5.74) is 3.31. The lowest BCUT2D eigenvalue weighted by Crippen LogP contribution is -2.63. The monoisotopic (exact) mass is 393 g/mol. The normalized spacial score (nSPS) is 27.7. The number of aromatic amines is 1. The number of nitrogens with one attached hydrogen (secondary N) is 2. The van der Waals surface area contributed by atoms with Crippen molar-refractivity contribution in [2.75, 3.05) is 11.9 Å². The van der Waals surface area contributed by atoms with Gasteiger partial charge in [-0.15, -0.1) is 0 Å². The zero-order valence-electron chi connectivity index (χ0n) is 15.7.